The van der Waals surface area contributed by atoms with Gasteiger partial charge in [0, 0.05) is 17.3 Å². The lowest BCUT2D eigenvalue weighted by Crippen LogP contribution is -2.53. The summed E-state index contributed by atoms with van der Waals surface area (Å²) in [7, 11) is 0. The summed E-state index contributed by atoms with van der Waals surface area (Å²) in [4.78, 5) is 24.7. The van der Waals surface area contributed by atoms with Crippen molar-refractivity contribution in [3.05, 3.63) is 23.8 Å². The lowest BCUT2D eigenvalue weighted by Gasteiger charge is -2.57. The van der Waals surface area contributed by atoms with E-state index in [1.807, 2.05) is 6.92 Å². The van der Waals surface area contributed by atoms with Crippen LogP contribution in [0.2, 0.25) is 0 Å². The molecule has 0 aromatic rings. The summed E-state index contributed by atoms with van der Waals surface area (Å²) < 4.78 is 6.15. The Morgan fingerprint density at radius 1 is 1.23 bits per heavy atom. The third-order valence-electron chi connectivity index (χ3n) is 7.80. The monoisotopic (exact) mass is 352 g/mol. The first-order chi connectivity index (χ1) is 12.4. The third kappa shape index (κ3) is 2.46. The number of hydrogen-bond donors (Lipinski definition) is 0. The number of rotatable bonds is 2. The maximum Gasteiger partial charge on any atom is 0.178 e. The summed E-state index contributed by atoms with van der Waals surface area (Å²) in [6.07, 6.45) is 10.2. The molecule has 4 aliphatic rings. The lowest BCUT2D eigenvalue weighted by molar-refractivity contribution is -0.133. The molecule has 138 valence electrons. The van der Waals surface area contributed by atoms with Gasteiger partial charge >= 0.3 is 0 Å². The molecular formula is C23H28O3. The first-order valence-electron chi connectivity index (χ1n) is 9.90. The van der Waals surface area contributed by atoms with Crippen LogP contribution in [0.1, 0.15) is 52.9 Å². The van der Waals surface area contributed by atoms with Gasteiger partial charge in [-0.15, -0.1) is 5.92 Å². The molecule has 0 bridgehead atoms. The predicted molar refractivity (Wildman–Crippen MR) is 100 cm³/mol. The molecule has 4 aliphatic carbocycles. The number of carbonyl (C=O) groups excluding carboxylic acids is 2. The van der Waals surface area contributed by atoms with Crippen LogP contribution in [-0.4, -0.2) is 24.3 Å². The Kier molecular flexibility index (Phi) is 4.23. The SMILES string of the molecule is CC#CCO[C@@H]1C[C@@H]2[C@H](CC[C@]3(C)C(=O)CC[C@@H]23)[C@@]2(C)C=CC(=O)C=C12. The minimum absolute atomic E-state index is 0.0581. The van der Waals surface area contributed by atoms with Crippen molar-refractivity contribution in [1.82, 2.24) is 0 Å². The number of ether oxygens (including phenoxy) is 1. The van der Waals surface area contributed by atoms with E-state index in [2.05, 4.69) is 31.8 Å². The maximum atomic E-state index is 12.6. The molecule has 0 heterocycles. The number of fused-ring (bicyclic) bond motifs is 5. The average molecular weight is 352 g/mol. The highest BCUT2D eigenvalue weighted by Gasteiger charge is 2.60. The van der Waals surface area contributed by atoms with Gasteiger partial charge in [-0.1, -0.05) is 25.8 Å². The lowest BCUT2D eigenvalue weighted by atomic mass is 9.48. The van der Waals surface area contributed by atoms with Gasteiger partial charge in [0.1, 0.15) is 12.4 Å². The molecule has 6 atom stereocenters. The second-order valence-corrected chi connectivity index (χ2v) is 8.88. The molecule has 0 unspecified atom stereocenters. The van der Waals surface area contributed by atoms with E-state index in [1.54, 1.807) is 12.2 Å². The van der Waals surface area contributed by atoms with E-state index < -0.39 is 0 Å². The van der Waals surface area contributed by atoms with Gasteiger partial charge in [-0.3, -0.25) is 9.59 Å². The molecule has 4 rings (SSSR count). The highest BCUT2D eigenvalue weighted by Crippen LogP contribution is 2.63. The zero-order chi connectivity index (χ0) is 18.5. The fourth-order valence-corrected chi connectivity index (χ4v) is 6.36. The summed E-state index contributed by atoms with van der Waals surface area (Å²) in [6, 6.07) is 0. The second-order valence-electron chi connectivity index (χ2n) is 8.88. The fraction of sp³-hybridized carbons (Fsp3) is 0.652. The van der Waals surface area contributed by atoms with Crippen molar-refractivity contribution in [2.24, 2.45) is 28.6 Å². The van der Waals surface area contributed by atoms with E-state index >= 15 is 0 Å². The van der Waals surface area contributed by atoms with Crippen LogP contribution in [0, 0.1) is 40.4 Å². The van der Waals surface area contributed by atoms with Crippen LogP contribution in [0.25, 0.3) is 0 Å². The fourth-order valence-electron chi connectivity index (χ4n) is 6.36. The molecule has 3 saturated carbocycles. The zero-order valence-electron chi connectivity index (χ0n) is 16.0. The van der Waals surface area contributed by atoms with Crippen LogP contribution in [0.3, 0.4) is 0 Å². The van der Waals surface area contributed by atoms with Crippen molar-refractivity contribution in [3.8, 4) is 11.8 Å². The Morgan fingerprint density at radius 2 is 2.04 bits per heavy atom. The summed E-state index contributed by atoms with van der Waals surface area (Å²) in [5, 5.41) is 0. The number of hydrogen-bond acceptors (Lipinski definition) is 3. The van der Waals surface area contributed by atoms with E-state index in [4.69, 9.17) is 4.74 Å². The molecule has 3 fully saturated rings. The summed E-state index contributed by atoms with van der Waals surface area (Å²) in [5.41, 5.74) is 0.825. The van der Waals surface area contributed by atoms with Gasteiger partial charge in [0.25, 0.3) is 0 Å². The topological polar surface area (TPSA) is 43.4 Å². The Hall–Kier alpha value is -1.66. The summed E-state index contributed by atoms with van der Waals surface area (Å²) >= 11 is 0. The van der Waals surface area contributed by atoms with E-state index in [1.165, 1.54) is 0 Å². The normalized spacial score (nSPS) is 43.7. The van der Waals surface area contributed by atoms with Crippen molar-refractivity contribution < 1.29 is 14.3 Å². The maximum absolute atomic E-state index is 12.6. The molecule has 3 nitrogen and oxygen atoms in total. The molecule has 26 heavy (non-hydrogen) atoms. The van der Waals surface area contributed by atoms with Gasteiger partial charge in [-0.2, -0.15) is 0 Å². The minimum atomic E-state index is -0.152. The van der Waals surface area contributed by atoms with Gasteiger partial charge in [0.15, 0.2) is 5.78 Å². The Morgan fingerprint density at radius 3 is 2.81 bits per heavy atom. The smallest absolute Gasteiger partial charge is 0.178 e. The van der Waals surface area contributed by atoms with Crippen molar-refractivity contribution in [3.63, 3.8) is 0 Å². The molecule has 0 N–H and O–H groups in total. The molecule has 0 amide bonds. The van der Waals surface area contributed by atoms with E-state index in [0.717, 1.165) is 37.7 Å². The number of carbonyl (C=O) groups is 2. The number of ketones is 2. The van der Waals surface area contributed by atoms with Crippen LogP contribution < -0.4 is 0 Å². The molecule has 0 aromatic carbocycles. The molecule has 0 aliphatic heterocycles. The molecule has 0 radical (unpaired) electrons. The second kappa shape index (κ2) is 6.20. The standard InChI is InChI=1S/C23H28O3/c1-4-5-12-26-20-14-16-17-6-7-21(25)23(17,3)11-9-18(16)22(2)10-8-15(24)13-19(20)22/h8,10,13,16-18,20H,6-7,9,11-12,14H2,1-3H3/t16-,17-,18-,20+,22+,23-/m0/s1. The number of allylic oxidation sites excluding steroid dienone is 3. The van der Waals surface area contributed by atoms with Crippen LogP contribution >= 0.6 is 0 Å². The Labute approximate surface area is 156 Å². The highest BCUT2D eigenvalue weighted by molar-refractivity contribution is 6.01. The van der Waals surface area contributed by atoms with Crippen LogP contribution in [0.15, 0.2) is 23.8 Å². The third-order valence-corrected chi connectivity index (χ3v) is 7.80. The van der Waals surface area contributed by atoms with Crippen LogP contribution in [-0.2, 0) is 14.3 Å². The highest BCUT2D eigenvalue weighted by atomic mass is 16.5. The van der Waals surface area contributed by atoms with Gasteiger partial charge in [0.2, 0.25) is 0 Å². The summed E-state index contributed by atoms with van der Waals surface area (Å²) in [6.45, 7) is 6.66. The zero-order valence-corrected chi connectivity index (χ0v) is 16.0. The van der Waals surface area contributed by atoms with E-state index in [9.17, 15) is 9.59 Å². The van der Waals surface area contributed by atoms with E-state index in [-0.39, 0.29) is 22.7 Å². The van der Waals surface area contributed by atoms with Gasteiger partial charge in [0.05, 0.1) is 6.10 Å². The minimum Gasteiger partial charge on any atom is -0.361 e. The predicted octanol–water partition coefficient (Wildman–Crippen LogP) is 3.88. The Bertz CT molecular complexity index is 764. The van der Waals surface area contributed by atoms with Crippen molar-refractivity contribution in [2.75, 3.05) is 6.61 Å². The summed E-state index contributed by atoms with van der Waals surface area (Å²) in [5.74, 6) is 7.79. The van der Waals surface area contributed by atoms with Crippen LogP contribution in [0.4, 0.5) is 0 Å². The number of Topliss-reactive ketones (excluding diaryl/α,β-unsaturated/α-hetero) is 1. The molecular weight excluding hydrogens is 324 g/mol. The molecule has 0 saturated heterocycles. The largest absolute Gasteiger partial charge is 0.361 e. The van der Waals surface area contributed by atoms with Gasteiger partial charge < -0.3 is 4.74 Å². The van der Waals surface area contributed by atoms with Crippen molar-refractivity contribution >= 4 is 11.6 Å². The quantitative estimate of drug-likeness (QED) is 0.708. The van der Waals surface area contributed by atoms with Gasteiger partial charge in [-0.05, 0) is 68.1 Å². The van der Waals surface area contributed by atoms with Crippen molar-refractivity contribution in [2.45, 2.75) is 59.0 Å². The average Bonchev–Trinajstić information content (AvgIpc) is 2.92. The molecule has 0 aromatic heterocycles. The van der Waals surface area contributed by atoms with Gasteiger partial charge in [-0.25, -0.2) is 0 Å². The first kappa shape index (κ1) is 17.7. The van der Waals surface area contributed by atoms with Crippen LogP contribution in [0.5, 0.6) is 0 Å². The Balaban J connectivity index is 1.71. The first-order valence-corrected chi connectivity index (χ1v) is 9.90. The van der Waals surface area contributed by atoms with Crippen molar-refractivity contribution in [1.29, 1.82) is 0 Å². The molecule has 3 heteroatoms. The molecule has 0 spiro atoms. The van der Waals surface area contributed by atoms with E-state index in [0.29, 0.717) is 30.1 Å².